The minimum atomic E-state index is -0.270. The number of ether oxygens (including phenoxy) is 3. The van der Waals surface area contributed by atoms with Crippen LogP contribution in [-0.2, 0) is 0 Å². The minimum absolute atomic E-state index is 0.0514. The van der Waals surface area contributed by atoms with E-state index in [0.717, 1.165) is 10.2 Å². The van der Waals surface area contributed by atoms with Gasteiger partial charge in [0.1, 0.15) is 17.2 Å². The number of carbonyl (C=O) groups excluding carboxylic acids is 2. The number of amides is 2. The Morgan fingerprint density at radius 1 is 0.811 bits per heavy atom. The van der Waals surface area contributed by atoms with Crippen LogP contribution in [0.5, 0.6) is 17.2 Å². The highest BCUT2D eigenvalue weighted by Crippen LogP contribution is 2.33. The third-order valence-electron chi connectivity index (χ3n) is 6.11. The number of anilines is 2. The van der Waals surface area contributed by atoms with Gasteiger partial charge in [-0.25, -0.2) is 0 Å². The van der Waals surface area contributed by atoms with Gasteiger partial charge < -0.3 is 29.3 Å². The summed E-state index contributed by atoms with van der Waals surface area (Å²) in [6, 6.07) is 16.4. The van der Waals surface area contributed by atoms with Crippen molar-refractivity contribution < 1.29 is 23.8 Å². The summed E-state index contributed by atoms with van der Waals surface area (Å²) < 4.78 is 17.4. The number of rotatable bonds is 7. The lowest BCUT2D eigenvalue weighted by Crippen LogP contribution is -2.48. The van der Waals surface area contributed by atoms with Crippen LogP contribution in [0.25, 0.3) is 0 Å². The van der Waals surface area contributed by atoms with Crippen molar-refractivity contribution in [1.29, 1.82) is 0 Å². The highest BCUT2D eigenvalue weighted by Gasteiger charge is 2.23. The van der Waals surface area contributed by atoms with Gasteiger partial charge in [0.25, 0.3) is 11.8 Å². The molecule has 0 spiro atoms. The number of benzene rings is 3. The van der Waals surface area contributed by atoms with Gasteiger partial charge in [-0.2, -0.15) is 0 Å². The Hall–Kier alpha value is -3.24. The highest BCUT2D eigenvalue weighted by molar-refractivity contribution is 9.11. The summed E-state index contributed by atoms with van der Waals surface area (Å²) in [5.74, 6) is 1.31. The fraction of sp³-hybridized carbons (Fsp3) is 0.259. The molecule has 0 aliphatic carbocycles. The number of hydrogen-bond acceptors (Lipinski definition) is 6. The summed E-state index contributed by atoms with van der Waals surface area (Å²) >= 11 is 6.84. The maximum atomic E-state index is 13.1. The maximum Gasteiger partial charge on any atom is 0.259 e. The molecule has 1 heterocycles. The maximum absolute atomic E-state index is 13.1. The van der Waals surface area contributed by atoms with Crippen molar-refractivity contribution in [3.8, 4) is 17.2 Å². The molecule has 10 heteroatoms. The number of nitrogens with one attached hydrogen (secondary N) is 1. The van der Waals surface area contributed by atoms with Crippen LogP contribution in [0.4, 0.5) is 11.4 Å². The van der Waals surface area contributed by atoms with Gasteiger partial charge in [-0.3, -0.25) is 9.59 Å². The van der Waals surface area contributed by atoms with Gasteiger partial charge in [-0.05, 0) is 64.5 Å². The second-order valence-electron chi connectivity index (χ2n) is 8.35. The van der Waals surface area contributed by atoms with Gasteiger partial charge in [0.15, 0.2) is 0 Å². The first-order chi connectivity index (χ1) is 17.8. The Kier molecular flexibility index (Phi) is 8.60. The zero-order chi connectivity index (χ0) is 26.5. The van der Waals surface area contributed by atoms with Gasteiger partial charge in [0.05, 0.1) is 31.4 Å². The predicted molar refractivity (Wildman–Crippen MR) is 150 cm³/mol. The predicted octanol–water partition coefficient (Wildman–Crippen LogP) is 5.45. The average Bonchev–Trinajstić information content (AvgIpc) is 2.92. The molecule has 4 rings (SSSR count). The monoisotopic (exact) mass is 631 g/mol. The van der Waals surface area contributed by atoms with E-state index in [-0.39, 0.29) is 11.8 Å². The molecule has 3 aromatic rings. The van der Waals surface area contributed by atoms with Crippen molar-refractivity contribution in [3.05, 3.63) is 74.7 Å². The van der Waals surface area contributed by atoms with E-state index in [2.05, 4.69) is 42.1 Å². The van der Waals surface area contributed by atoms with E-state index >= 15 is 0 Å². The van der Waals surface area contributed by atoms with Crippen LogP contribution in [-0.4, -0.2) is 64.2 Å². The molecule has 0 atom stereocenters. The lowest BCUT2D eigenvalue weighted by atomic mass is 10.1. The number of carbonyl (C=O) groups is 2. The van der Waals surface area contributed by atoms with Crippen LogP contribution in [0.2, 0.25) is 0 Å². The van der Waals surface area contributed by atoms with E-state index in [0.29, 0.717) is 64.7 Å². The average molecular weight is 633 g/mol. The summed E-state index contributed by atoms with van der Waals surface area (Å²) in [7, 11) is 4.66. The molecule has 0 saturated carbocycles. The fourth-order valence-electron chi connectivity index (χ4n) is 4.17. The van der Waals surface area contributed by atoms with Gasteiger partial charge in [0, 0.05) is 53.7 Å². The smallest absolute Gasteiger partial charge is 0.259 e. The number of piperazine rings is 1. The quantitative estimate of drug-likeness (QED) is 0.373. The van der Waals surface area contributed by atoms with Crippen molar-refractivity contribution in [2.75, 3.05) is 57.7 Å². The van der Waals surface area contributed by atoms with Crippen LogP contribution >= 0.6 is 31.9 Å². The zero-order valence-electron chi connectivity index (χ0n) is 20.7. The molecule has 0 radical (unpaired) electrons. The van der Waals surface area contributed by atoms with Crippen molar-refractivity contribution in [3.63, 3.8) is 0 Å². The number of hydrogen-bond donors (Lipinski definition) is 1. The molecule has 194 valence electrons. The van der Waals surface area contributed by atoms with Crippen LogP contribution < -0.4 is 24.4 Å². The lowest BCUT2D eigenvalue weighted by molar-refractivity contribution is 0.0746. The van der Waals surface area contributed by atoms with E-state index in [1.807, 2.05) is 35.2 Å². The second kappa shape index (κ2) is 11.9. The molecule has 1 aliphatic heterocycles. The molecular weight excluding hydrogens is 606 g/mol. The summed E-state index contributed by atoms with van der Waals surface area (Å²) in [4.78, 5) is 30.0. The largest absolute Gasteiger partial charge is 0.497 e. The molecular formula is C27H27Br2N3O5. The molecule has 0 bridgehead atoms. The minimum Gasteiger partial charge on any atom is -0.497 e. The first kappa shape index (κ1) is 26.8. The molecule has 37 heavy (non-hydrogen) atoms. The van der Waals surface area contributed by atoms with Crippen LogP contribution in [0.3, 0.4) is 0 Å². The first-order valence-corrected chi connectivity index (χ1v) is 13.1. The van der Waals surface area contributed by atoms with E-state index < -0.39 is 0 Å². The van der Waals surface area contributed by atoms with Crippen molar-refractivity contribution in [1.82, 2.24) is 4.90 Å². The standard InChI is InChI=1S/C27H27Br2N3O5/c1-35-21-12-17(13-22(16-21)36-2)27(34)32-10-8-31(9-11-32)20-6-4-19(5-7-20)30-26(33)23-14-18(28)15-24(29)25(23)37-3/h4-7,12-16H,8-11H2,1-3H3,(H,30,33). The molecule has 1 N–H and O–H groups in total. The first-order valence-electron chi connectivity index (χ1n) is 11.5. The van der Waals surface area contributed by atoms with Gasteiger partial charge in [-0.1, -0.05) is 15.9 Å². The SMILES string of the molecule is COc1cc(OC)cc(C(=O)N2CCN(c3ccc(NC(=O)c4cc(Br)cc(Br)c4OC)cc3)CC2)c1. The third-order valence-corrected chi connectivity index (χ3v) is 7.16. The number of halogens is 2. The van der Waals surface area contributed by atoms with E-state index in [9.17, 15) is 9.59 Å². The van der Waals surface area contributed by atoms with Gasteiger partial charge in [0.2, 0.25) is 0 Å². The fourth-order valence-corrected chi connectivity index (χ4v) is 5.56. The van der Waals surface area contributed by atoms with E-state index in [1.54, 1.807) is 38.5 Å². The van der Waals surface area contributed by atoms with Gasteiger partial charge in [-0.15, -0.1) is 0 Å². The summed E-state index contributed by atoms with van der Waals surface area (Å²) in [5, 5.41) is 2.92. The molecule has 1 fully saturated rings. The van der Waals surface area contributed by atoms with E-state index in [1.165, 1.54) is 7.11 Å². The van der Waals surface area contributed by atoms with E-state index in [4.69, 9.17) is 14.2 Å². The Morgan fingerprint density at radius 3 is 2.00 bits per heavy atom. The van der Waals surface area contributed by atoms with Crippen LogP contribution in [0, 0.1) is 0 Å². The van der Waals surface area contributed by atoms with Crippen molar-refractivity contribution in [2.45, 2.75) is 0 Å². The molecule has 0 unspecified atom stereocenters. The zero-order valence-corrected chi connectivity index (χ0v) is 23.9. The third kappa shape index (κ3) is 6.19. The second-order valence-corrected chi connectivity index (χ2v) is 10.1. The molecule has 2 amide bonds. The number of methoxy groups -OCH3 is 3. The Balaban J connectivity index is 1.38. The highest BCUT2D eigenvalue weighted by atomic mass is 79.9. The Morgan fingerprint density at radius 2 is 1.43 bits per heavy atom. The van der Waals surface area contributed by atoms with Crippen molar-refractivity contribution in [2.24, 2.45) is 0 Å². The lowest BCUT2D eigenvalue weighted by Gasteiger charge is -2.36. The summed E-state index contributed by atoms with van der Waals surface area (Å²) in [5.41, 5.74) is 2.66. The van der Waals surface area contributed by atoms with Crippen LogP contribution in [0.1, 0.15) is 20.7 Å². The molecule has 3 aromatic carbocycles. The molecule has 1 aliphatic rings. The Bertz CT molecular complexity index is 1270. The van der Waals surface area contributed by atoms with Crippen LogP contribution in [0.15, 0.2) is 63.5 Å². The van der Waals surface area contributed by atoms with Gasteiger partial charge >= 0.3 is 0 Å². The summed E-state index contributed by atoms with van der Waals surface area (Å²) in [6.45, 7) is 2.58. The molecule has 0 aromatic heterocycles. The molecule has 8 nitrogen and oxygen atoms in total. The topological polar surface area (TPSA) is 80.3 Å². The van der Waals surface area contributed by atoms with Crippen molar-refractivity contribution >= 4 is 55.0 Å². The normalized spacial score (nSPS) is 13.2. The number of nitrogens with zero attached hydrogens (tertiary/aromatic N) is 2. The Labute approximate surface area is 232 Å². The molecule has 1 saturated heterocycles. The summed E-state index contributed by atoms with van der Waals surface area (Å²) in [6.07, 6.45) is 0.